The molecule has 0 saturated heterocycles. The third kappa shape index (κ3) is 4.45. The molecule has 0 atom stereocenters. The summed E-state index contributed by atoms with van der Waals surface area (Å²) in [6.07, 6.45) is 0.263. The molecular weight excluding hydrogens is 332 g/mol. The minimum absolute atomic E-state index is 0.00593. The number of carbonyl (C=O) groups is 2. The SMILES string of the molecule is Cc1ccsc1CNC(=O)CNC(=O)Cc1cccc2ccccc12. The third-order valence-corrected chi connectivity index (χ3v) is 5.11. The van der Waals surface area contributed by atoms with Crippen LogP contribution < -0.4 is 10.6 Å². The highest BCUT2D eigenvalue weighted by Gasteiger charge is 2.09. The molecule has 4 nitrogen and oxygen atoms in total. The van der Waals surface area contributed by atoms with E-state index in [0.29, 0.717) is 6.54 Å². The first-order valence-corrected chi connectivity index (χ1v) is 9.04. The van der Waals surface area contributed by atoms with Gasteiger partial charge in [-0.1, -0.05) is 42.5 Å². The van der Waals surface area contributed by atoms with Gasteiger partial charge in [-0.15, -0.1) is 11.3 Å². The normalized spacial score (nSPS) is 10.6. The van der Waals surface area contributed by atoms with Crippen LogP contribution in [0.1, 0.15) is 16.0 Å². The highest BCUT2D eigenvalue weighted by atomic mass is 32.1. The lowest BCUT2D eigenvalue weighted by atomic mass is 10.0. The van der Waals surface area contributed by atoms with E-state index in [1.807, 2.05) is 60.8 Å². The number of hydrogen-bond donors (Lipinski definition) is 2. The Morgan fingerprint density at radius 1 is 0.960 bits per heavy atom. The van der Waals surface area contributed by atoms with E-state index >= 15 is 0 Å². The molecule has 0 aliphatic carbocycles. The van der Waals surface area contributed by atoms with Crippen LogP contribution in [0.25, 0.3) is 10.8 Å². The lowest BCUT2D eigenvalue weighted by Gasteiger charge is -2.08. The van der Waals surface area contributed by atoms with Crippen LogP contribution in [0.5, 0.6) is 0 Å². The minimum atomic E-state index is -0.181. The van der Waals surface area contributed by atoms with Crippen molar-refractivity contribution in [3.05, 3.63) is 69.9 Å². The van der Waals surface area contributed by atoms with Crippen molar-refractivity contribution in [3.63, 3.8) is 0 Å². The van der Waals surface area contributed by atoms with Crippen molar-refractivity contribution in [1.82, 2.24) is 10.6 Å². The maximum absolute atomic E-state index is 12.2. The van der Waals surface area contributed by atoms with Gasteiger partial charge in [0, 0.05) is 4.88 Å². The number of carbonyl (C=O) groups excluding carboxylic acids is 2. The van der Waals surface area contributed by atoms with Gasteiger partial charge in [0.15, 0.2) is 0 Å². The summed E-state index contributed by atoms with van der Waals surface area (Å²) in [7, 11) is 0. The number of thiophene rings is 1. The molecule has 0 aliphatic rings. The largest absolute Gasteiger partial charge is 0.350 e. The molecule has 0 radical (unpaired) electrons. The summed E-state index contributed by atoms with van der Waals surface area (Å²) in [6, 6.07) is 15.9. The van der Waals surface area contributed by atoms with E-state index in [0.717, 1.165) is 21.2 Å². The van der Waals surface area contributed by atoms with E-state index < -0.39 is 0 Å². The number of aryl methyl sites for hydroxylation is 1. The molecule has 128 valence electrons. The molecule has 2 amide bonds. The van der Waals surface area contributed by atoms with Crippen molar-refractivity contribution in [3.8, 4) is 0 Å². The second-order valence-corrected chi connectivity index (χ2v) is 6.90. The summed E-state index contributed by atoms with van der Waals surface area (Å²) in [6.45, 7) is 2.51. The summed E-state index contributed by atoms with van der Waals surface area (Å²) in [5, 5.41) is 9.70. The van der Waals surface area contributed by atoms with Crippen molar-refractivity contribution < 1.29 is 9.59 Å². The Bertz CT molecular complexity index is 896. The Hall–Kier alpha value is -2.66. The van der Waals surface area contributed by atoms with Gasteiger partial charge in [-0.25, -0.2) is 0 Å². The monoisotopic (exact) mass is 352 g/mol. The second-order valence-electron chi connectivity index (χ2n) is 5.90. The maximum Gasteiger partial charge on any atom is 0.239 e. The highest BCUT2D eigenvalue weighted by molar-refractivity contribution is 7.10. The Morgan fingerprint density at radius 3 is 2.56 bits per heavy atom. The molecule has 0 bridgehead atoms. The topological polar surface area (TPSA) is 58.2 Å². The van der Waals surface area contributed by atoms with Crippen LogP contribution in [0.3, 0.4) is 0 Å². The van der Waals surface area contributed by atoms with Crippen LogP contribution in [0.4, 0.5) is 0 Å². The number of benzene rings is 2. The maximum atomic E-state index is 12.2. The summed E-state index contributed by atoms with van der Waals surface area (Å²) < 4.78 is 0. The molecule has 0 spiro atoms. The van der Waals surface area contributed by atoms with Crippen LogP contribution >= 0.6 is 11.3 Å². The predicted molar refractivity (Wildman–Crippen MR) is 102 cm³/mol. The number of amides is 2. The molecule has 1 heterocycles. The molecule has 1 aromatic heterocycles. The summed E-state index contributed by atoms with van der Waals surface area (Å²) in [5.41, 5.74) is 2.13. The Kier molecular flexibility index (Phi) is 5.46. The third-order valence-electron chi connectivity index (χ3n) is 4.09. The summed E-state index contributed by atoms with van der Waals surface area (Å²) >= 11 is 1.62. The smallest absolute Gasteiger partial charge is 0.239 e. The minimum Gasteiger partial charge on any atom is -0.350 e. The fourth-order valence-corrected chi connectivity index (χ4v) is 3.53. The van der Waals surface area contributed by atoms with E-state index in [1.54, 1.807) is 11.3 Å². The molecule has 0 saturated carbocycles. The molecule has 5 heteroatoms. The Labute approximate surface area is 150 Å². The first-order chi connectivity index (χ1) is 12.1. The zero-order valence-electron chi connectivity index (χ0n) is 14.0. The van der Waals surface area contributed by atoms with Gasteiger partial charge >= 0.3 is 0 Å². The molecule has 2 aromatic carbocycles. The lowest BCUT2D eigenvalue weighted by Crippen LogP contribution is -2.37. The molecule has 0 unspecified atom stereocenters. The number of hydrogen-bond acceptors (Lipinski definition) is 3. The fourth-order valence-electron chi connectivity index (χ4n) is 2.69. The van der Waals surface area contributed by atoms with Gasteiger partial charge in [-0.3, -0.25) is 9.59 Å². The average molecular weight is 352 g/mol. The second kappa shape index (κ2) is 7.94. The zero-order chi connectivity index (χ0) is 17.6. The van der Waals surface area contributed by atoms with Gasteiger partial charge in [-0.2, -0.15) is 0 Å². The van der Waals surface area contributed by atoms with Crippen molar-refractivity contribution in [2.45, 2.75) is 19.9 Å². The molecule has 0 aliphatic heterocycles. The molecule has 3 rings (SSSR count). The first kappa shape index (κ1) is 17.2. The highest BCUT2D eigenvalue weighted by Crippen LogP contribution is 2.18. The quantitative estimate of drug-likeness (QED) is 0.716. The number of nitrogens with one attached hydrogen (secondary N) is 2. The van der Waals surface area contributed by atoms with Crippen molar-refractivity contribution >= 4 is 33.9 Å². The summed E-state index contributed by atoms with van der Waals surface area (Å²) in [5.74, 6) is -0.335. The predicted octanol–water partition coefficient (Wildman–Crippen LogP) is 3.18. The Balaban J connectivity index is 1.50. The van der Waals surface area contributed by atoms with Gasteiger partial charge in [0.1, 0.15) is 0 Å². The standard InChI is InChI=1S/C20H20N2O2S/c1-14-9-10-25-18(14)12-21-20(24)13-22-19(23)11-16-7-4-6-15-5-2-3-8-17(15)16/h2-10H,11-13H2,1H3,(H,21,24)(H,22,23). The van der Waals surface area contributed by atoms with E-state index in [2.05, 4.69) is 10.6 Å². The van der Waals surface area contributed by atoms with E-state index in [1.165, 1.54) is 5.56 Å². The zero-order valence-corrected chi connectivity index (χ0v) is 14.9. The van der Waals surface area contributed by atoms with E-state index in [-0.39, 0.29) is 24.8 Å². The number of rotatable bonds is 6. The molecule has 25 heavy (non-hydrogen) atoms. The molecule has 0 fully saturated rings. The van der Waals surface area contributed by atoms with E-state index in [4.69, 9.17) is 0 Å². The number of fused-ring (bicyclic) bond motifs is 1. The molecule has 3 aromatic rings. The van der Waals surface area contributed by atoms with Crippen LogP contribution in [0, 0.1) is 6.92 Å². The first-order valence-electron chi connectivity index (χ1n) is 8.16. The average Bonchev–Trinajstić information content (AvgIpc) is 3.03. The van der Waals surface area contributed by atoms with Crippen LogP contribution in [0.2, 0.25) is 0 Å². The molecule has 2 N–H and O–H groups in total. The van der Waals surface area contributed by atoms with Gasteiger partial charge in [0.2, 0.25) is 11.8 Å². The van der Waals surface area contributed by atoms with Crippen LogP contribution in [0.15, 0.2) is 53.9 Å². The van der Waals surface area contributed by atoms with Crippen LogP contribution in [-0.2, 0) is 22.6 Å². The lowest BCUT2D eigenvalue weighted by molar-refractivity contribution is -0.125. The van der Waals surface area contributed by atoms with Crippen molar-refractivity contribution in [2.24, 2.45) is 0 Å². The van der Waals surface area contributed by atoms with Crippen LogP contribution in [-0.4, -0.2) is 18.4 Å². The summed E-state index contributed by atoms with van der Waals surface area (Å²) in [4.78, 5) is 25.2. The van der Waals surface area contributed by atoms with E-state index in [9.17, 15) is 9.59 Å². The van der Waals surface area contributed by atoms with Crippen molar-refractivity contribution in [1.29, 1.82) is 0 Å². The Morgan fingerprint density at radius 2 is 1.76 bits per heavy atom. The van der Waals surface area contributed by atoms with Gasteiger partial charge < -0.3 is 10.6 Å². The van der Waals surface area contributed by atoms with Gasteiger partial charge in [-0.05, 0) is 40.3 Å². The van der Waals surface area contributed by atoms with Gasteiger partial charge in [0.25, 0.3) is 0 Å². The van der Waals surface area contributed by atoms with Gasteiger partial charge in [0.05, 0.1) is 19.5 Å². The van der Waals surface area contributed by atoms with Crippen molar-refractivity contribution in [2.75, 3.05) is 6.54 Å². The fraction of sp³-hybridized carbons (Fsp3) is 0.200. The molecular formula is C20H20N2O2S.